The number of nitrogens with zero attached hydrogens (tertiary/aromatic N) is 2. The molecule has 0 aliphatic rings. The molecule has 1 rings (SSSR count). The van der Waals surface area contributed by atoms with Crippen LogP contribution < -0.4 is 5.32 Å². The van der Waals surface area contributed by atoms with E-state index < -0.39 is 0 Å². The number of hydrogen-bond donors (Lipinski definition) is 2. The van der Waals surface area contributed by atoms with Gasteiger partial charge in [-0.15, -0.1) is 5.10 Å². The van der Waals surface area contributed by atoms with Crippen LogP contribution in [-0.2, 0) is 4.79 Å². The molecule has 5 nitrogen and oxygen atoms in total. The van der Waals surface area contributed by atoms with Crippen LogP contribution in [0.3, 0.4) is 0 Å². The fraction of sp³-hybridized carbons (Fsp3) is 0.700. The van der Waals surface area contributed by atoms with Gasteiger partial charge in [0.25, 0.3) is 0 Å². The molecule has 0 aliphatic carbocycles. The molecule has 0 bridgehead atoms. The van der Waals surface area contributed by atoms with E-state index in [9.17, 15) is 4.79 Å². The average molecular weight is 242 g/mol. The second-order valence-corrected chi connectivity index (χ2v) is 4.63. The Morgan fingerprint density at radius 1 is 1.44 bits per heavy atom. The topological polar surface area (TPSA) is 70.7 Å². The molecule has 0 aliphatic heterocycles. The van der Waals surface area contributed by atoms with Gasteiger partial charge in [-0.25, -0.2) is 5.10 Å². The normalized spacial score (nSPS) is 10.8. The number of hydrogen-bond acceptors (Lipinski definition) is 4. The van der Waals surface area contributed by atoms with E-state index >= 15 is 0 Å². The molecular formula is C10H18N4OS. The summed E-state index contributed by atoms with van der Waals surface area (Å²) < 4.78 is 0. The first-order chi connectivity index (χ1) is 7.71. The summed E-state index contributed by atoms with van der Waals surface area (Å²) in [6.07, 6.45) is 1.68. The molecule has 2 N–H and O–H groups in total. The molecule has 1 heterocycles. The quantitative estimate of drug-likeness (QED) is 0.751. The minimum Gasteiger partial charge on any atom is -0.295 e. The molecule has 0 fully saturated rings. The minimum absolute atomic E-state index is 0.00852. The van der Waals surface area contributed by atoms with Crippen molar-refractivity contribution in [1.29, 1.82) is 0 Å². The van der Waals surface area contributed by atoms with Crippen LogP contribution >= 0.6 is 11.8 Å². The lowest BCUT2D eigenvalue weighted by Gasteiger charge is -2.10. The highest BCUT2D eigenvalue weighted by Gasteiger charge is 2.15. The highest BCUT2D eigenvalue weighted by atomic mass is 32.2. The van der Waals surface area contributed by atoms with E-state index in [1.54, 1.807) is 0 Å². The van der Waals surface area contributed by atoms with E-state index in [1.807, 2.05) is 20.8 Å². The Labute approximate surface area is 99.8 Å². The number of amides is 1. The van der Waals surface area contributed by atoms with Crippen molar-refractivity contribution in [2.75, 3.05) is 11.1 Å². The van der Waals surface area contributed by atoms with Gasteiger partial charge in [0.15, 0.2) is 0 Å². The number of nitrogens with one attached hydrogen (secondary N) is 2. The Morgan fingerprint density at radius 2 is 2.12 bits per heavy atom. The summed E-state index contributed by atoms with van der Waals surface area (Å²) >= 11 is 1.54. The summed E-state index contributed by atoms with van der Waals surface area (Å²) in [4.78, 5) is 15.9. The van der Waals surface area contributed by atoms with E-state index in [4.69, 9.17) is 0 Å². The third-order valence-corrected chi connectivity index (χ3v) is 3.07. The van der Waals surface area contributed by atoms with Crippen molar-refractivity contribution in [3.63, 3.8) is 0 Å². The summed E-state index contributed by atoms with van der Waals surface area (Å²) in [6, 6.07) is 0. The minimum atomic E-state index is 0.00852. The first-order valence-corrected chi connectivity index (χ1v) is 6.55. The average Bonchev–Trinajstić information content (AvgIpc) is 2.68. The number of carbonyl (C=O) groups excluding carboxylic acids is 1. The molecule has 6 heteroatoms. The Morgan fingerprint density at radius 3 is 2.69 bits per heavy atom. The number of aromatic amines is 1. The first-order valence-electron chi connectivity index (χ1n) is 5.57. The fourth-order valence-electron chi connectivity index (χ4n) is 1.37. The Kier molecular flexibility index (Phi) is 5.31. The van der Waals surface area contributed by atoms with E-state index in [2.05, 4.69) is 20.5 Å². The number of thioether (sulfide) groups is 1. The van der Waals surface area contributed by atoms with Gasteiger partial charge >= 0.3 is 0 Å². The monoisotopic (exact) mass is 242 g/mol. The molecular weight excluding hydrogens is 224 g/mol. The zero-order valence-electron chi connectivity index (χ0n) is 9.91. The van der Waals surface area contributed by atoms with Gasteiger partial charge in [0.05, 0.1) is 0 Å². The highest BCUT2D eigenvalue weighted by Crippen LogP contribution is 2.14. The molecule has 1 amide bonds. The van der Waals surface area contributed by atoms with E-state index in [-0.39, 0.29) is 11.8 Å². The molecule has 0 unspecified atom stereocenters. The van der Waals surface area contributed by atoms with Crippen molar-refractivity contribution in [2.45, 2.75) is 38.8 Å². The SMILES string of the molecule is CCSc1n[nH]c(NC(=O)C(CC)CC)n1. The van der Waals surface area contributed by atoms with Gasteiger partial charge in [-0.3, -0.25) is 10.1 Å². The number of rotatable bonds is 6. The maximum absolute atomic E-state index is 11.7. The van der Waals surface area contributed by atoms with Gasteiger partial charge in [-0.1, -0.05) is 32.5 Å². The lowest BCUT2D eigenvalue weighted by Crippen LogP contribution is -2.22. The van der Waals surface area contributed by atoms with Crippen molar-refractivity contribution in [2.24, 2.45) is 5.92 Å². The Balaban J connectivity index is 2.55. The maximum Gasteiger partial charge on any atom is 0.229 e. The molecule has 1 aromatic rings. The van der Waals surface area contributed by atoms with Crippen molar-refractivity contribution < 1.29 is 4.79 Å². The van der Waals surface area contributed by atoms with Crippen LogP contribution in [0.4, 0.5) is 5.95 Å². The number of aromatic nitrogens is 3. The van der Waals surface area contributed by atoms with Crippen LogP contribution in [0.15, 0.2) is 5.16 Å². The predicted molar refractivity (Wildman–Crippen MR) is 65.5 cm³/mol. The van der Waals surface area contributed by atoms with E-state index in [0.717, 1.165) is 18.6 Å². The van der Waals surface area contributed by atoms with E-state index in [1.165, 1.54) is 11.8 Å². The van der Waals surface area contributed by atoms with E-state index in [0.29, 0.717) is 11.1 Å². The molecule has 0 saturated heterocycles. The third-order valence-electron chi connectivity index (χ3n) is 2.34. The second-order valence-electron chi connectivity index (χ2n) is 3.40. The Hall–Kier alpha value is -1.04. The van der Waals surface area contributed by atoms with Crippen LogP contribution in [0.2, 0.25) is 0 Å². The van der Waals surface area contributed by atoms with Gasteiger partial charge in [-0.2, -0.15) is 4.98 Å². The van der Waals surface area contributed by atoms with Gasteiger partial charge in [0.1, 0.15) is 0 Å². The summed E-state index contributed by atoms with van der Waals surface area (Å²) in [5.41, 5.74) is 0. The second kappa shape index (κ2) is 6.52. The van der Waals surface area contributed by atoms with Gasteiger partial charge in [-0.05, 0) is 18.6 Å². The molecule has 0 aromatic carbocycles. The summed E-state index contributed by atoms with van der Waals surface area (Å²) in [6.45, 7) is 6.04. The highest BCUT2D eigenvalue weighted by molar-refractivity contribution is 7.99. The summed E-state index contributed by atoms with van der Waals surface area (Å²) in [7, 11) is 0. The number of carbonyl (C=O) groups is 1. The molecule has 0 atom stereocenters. The molecule has 16 heavy (non-hydrogen) atoms. The lowest BCUT2D eigenvalue weighted by molar-refractivity contribution is -0.120. The number of anilines is 1. The molecule has 0 radical (unpaired) electrons. The van der Waals surface area contributed by atoms with Crippen molar-refractivity contribution in [1.82, 2.24) is 15.2 Å². The van der Waals surface area contributed by atoms with Crippen LogP contribution in [0.5, 0.6) is 0 Å². The molecule has 1 aromatic heterocycles. The number of H-pyrrole nitrogens is 1. The fourth-order valence-corrected chi connectivity index (χ4v) is 1.90. The lowest BCUT2D eigenvalue weighted by atomic mass is 10.0. The summed E-state index contributed by atoms with van der Waals surface area (Å²) in [5.74, 6) is 1.41. The third kappa shape index (κ3) is 3.52. The van der Waals surface area contributed by atoms with Crippen molar-refractivity contribution in [3.8, 4) is 0 Å². The zero-order chi connectivity index (χ0) is 12.0. The molecule has 90 valence electrons. The zero-order valence-corrected chi connectivity index (χ0v) is 10.7. The molecule has 0 saturated carbocycles. The van der Waals surface area contributed by atoms with Crippen LogP contribution in [-0.4, -0.2) is 26.8 Å². The van der Waals surface area contributed by atoms with Gasteiger partial charge in [0, 0.05) is 5.92 Å². The Bertz CT molecular complexity index is 335. The van der Waals surface area contributed by atoms with Crippen LogP contribution in [0, 0.1) is 5.92 Å². The standard InChI is InChI=1S/C10H18N4OS/c1-4-7(5-2)8(15)11-9-12-10(14-13-9)16-6-3/h7H,4-6H2,1-3H3,(H2,11,12,13,14,15). The van der Waals surface area contributed by atoms with Crippen LogP contribution in [0.1, 0.15) is 33.6 Å². The maximum atomic E-state index is 11.7. The smallest absolute Gasteiger partial charge is 0.229 e. The molecule has 0 spiro atoms. The summed E-state index contributed by atoms with van der Waals surface area (Å²) in [5, 5.41) is 10.1. The van der Waals surface area contributed by atoms with Crippen LogP contribution in [0.25, 0.3) is 0 Å². The van der Waals surface area contributed by atoms with Crippen molar-refractivity contribution >= 4 is 23.6 Å². The van der Waals surface area contributed by atoms with Gasteiger partial charge < -0.3 is 0 Å². The largest absolute Gasteiger partial charge is 0.295 e. The van der Waals surface area contributed by atoms with Gasteiger partial charge in [0.2, 0.25) is 17.0 Å². The predicted octanol–water partition coefficient (Wildman–Crippen LogP) is 2.29. The first kappa shape index (κ1) is 13.0. The van der Waals surface area contributed by atoms with Crippen molar-refractivity contribution in [3.05, 3.63) is 0 Å².